The maximum absolute atomic E-state index is 11.8. The van der Waals surface area contributed by atoms with E-state index in [1.807, 2.05) is 13.8 Å². The summed E-state index contributed by atoms with van der Waals surface area (Å²) in [5, 5.41) is 0. The first kappa shape index (κ1) is 11.6. The first-order valence-corrected chi connectivity index (χ1v) is 5.98. The van der Waals surface area contributed by atoms with Crippen LogP contribution in [0, 0.1) is 11.3 Å². The highest BCUT2D eigenvalue weighted by Gasteiger charge is 2.39. The van der Waals surface area contributed by atoms with Crippen LogP contribution in [0.25, 0.3) is 0 Å². The zero-order chi connectivity index (χ0) is 11.9. The van der Waals surface area contributed by atoms with Crippen molar-refractivity contribution in [3.63, 3.8) is 0 Å². The lowest BCUT2D eigenvalue weighted by Gasteiger charge is -2.35. The van der Waals surface area contributed by atoms with Crippen molar-refractivity contribution < 1.29 is 9.59 Å². The number of carbonyl (C=O) groups is 2. The van der Waals surface area contributed by atoms with Gasteiger partial charge in [-0.1, -0.05) is 13.8 Å². The van der Waals surface area contributed by atoms with Crippen molar-refractivity contribution in [1.82, 2.24) is 4.90 Å². The van der Waals surface area contributed by atoms with Gasteiger partial charge in [-0.05, 0) is 24.2 Å². The van der Waals surface area contributed by atoms with E-state index in [9.17, 15) is 9.59 Å². The Hall–Kier alpha value is -0.900. The Morgan fingerprint density at radius 2 is 1.81 bits per heavy atom. The van der Waals surface area contributed by atoms with Gasteiger partial charge in [0.1, 0.15) is 0 Å². The highest BCUT2D eigenvalue weighted by Crippen LogP contribution is 2.34. The molecule has 1 saturated carbocycles. The number of amides is 2. The molecular weight excluding hydrogens is 204 g/mol. The molecule has 2 rings (SSSR count). The number of nitrogens with zero attached hydrogens (tertiary/aromatic N) is 1. The van der Waals surface area contributed by atoms with Crippen molar-refractivity contribution in [1.29, 1.82) is 0 Å². The third-order valence-corrected chi connectivity index (χ3v) is 3.48. The molecule has 1 aliphatic heterocycles. The van der Waals surface area contributed by atoms with Gasteiger partial charge in [0.15, 0.2) is 0 Å². The van der Waals surface area contributed by atoms with Crippen LogP contribution in [-0.4, -0.2) is 29.3 Å². The van der Waals surface area contributed by atoms with Crippen molar-refractivity contribution in [3.05, 3.63) is 0 Å². The van der Waals surface area contributed by atoms with E-state index >= 15 is 0 Å². The standard InChI is InChI=1S/C12H20N2O2/c1-12(2)5-10(15)14(11(16)6-12)7-9(13)8-3-4-8/h8-9H,3-7,13H2,1-2H3. The number of piperidine rings is 1. The summed E-state index contributed by atoms with van der Waals surface area (Å²) in [5.41, 5.74) is 5.77. The molecule has 90 valence electrons. The smallest absolute Gasteiger partial charge is 0.229 e. The molecule has 16 heavy (non-hydrogen) atoms. The lowest BCUT2D eigenvalue weighted by atomic mass is 9.81. The van der Waals surface area contributed by atoms with E-state index < -0.39 is 0 Å². The molecule has 0 bridgehead atoms. The van der Waals surface area contributed by atoms with Crippen LogP contribution in [0.1, 0.15) is 39.5 Å². The predicted octanol–water partition coefficient (Wildman–Crippen LogP) is 0.899. The number of likely N-dealkylation sites (tertiary alicyclic amines) is 1. The van der Waals surface area contributed by atoms with Crippen LogP contribution in [0.2, 0.25) is 0 Å². The topological polar surface area (TPSA) is 63.4 Å². The molecule has 2 aliphatic rings. The number of hydrogen-bond acceptors (Lipinski definition) is 3. The Kier molecular flexibility index (Phi) is 2.78. The second-order valence-electron chi connectivity index (χ2n) is 5.92. The van der Waals surface area contributed by atoms with Crippen molar-refractivity contribution >= 4 is 11.8 Å². The summed E-state index contributed by atoms with van der Waals surface area (Å²) in [6, 6.07) is -0.0193. The van der Waals surface area contributed by atoms with Gasteiger partial charge >= 0.3 is 0 Å². The second-order valence-corrected chi connectivity index (χ2v) is 5.92. The maximum atomic E-state index is 11.8. The number of carbonyl (C=O) groups excluding carboxylic acids is 2. The van der Waals surface area contributed by atoms with Gasteiger partial charge in [-0.2, -0.15) is 0 Å². The molecule has 0 aromatic heterocycles. The first-order chi connectivity index (χ1) is 7.39. The summed E-state index contributed by atoms with van der Waals surface area (Å²) in [6.07, 6.45) is 3.19. The van der Waals surface area contributed by atoms with Gasteiger partial charge in [0.2, 0.25) is 11.8 Å². The molecule has 2 N–H and O–H groups in total. The summed E-state index contributed by atoms with van der Waals surface area (Å²) >= 11 is 0. The Balaban J connectivity index is 1.98. The lowest BCUT2D eigenvalue weighted by molar-refractivity contribution is -0.152. The fraction of sp³-hybridized carbons (Fsp3) is 0.833. The molecule has 2 fully saturated rings. The normalized spacial score (nSPS) is 27.1. The van der Waals surface area contributed by atoms with Crippen LogP contribution < -0.4 is 5.73 Å². The Morgan fingerprint density at radius 1 is 1.31 bits per heavy atom. The second kappa shape index (κ2) is 3.84. The van der Waals surface area contributed by atoms with Crippen molar-refractivity contribution in [3.8, 4) is 0 Å². The molecule has 0 spiro atoms. The van der Waals surface area contributed by atoms with Crippen LogP contribution in [0.15, 0.2) is 0 Å². The third kappa shape index (κ3) is 2.43. The summed E-state index contributed by atoms with van der Waals surface area (Å²) in [6.45, 7) is 4.33. The zero-order valence-corrected chi connectivity index (χ0v) is 10.0. The number of rotatable bonds is 3. The molecule has 1 aliphatic carbocycles. The molecule has 1 saturated heterocycles. The molecule has 0 aromatic rings. The first-order valence-electron chi connectivity index (χ1n) is 5.98. The molecule has 1 unspecified atom stereocenters. The van der Waals surface area contributed by atoms with Crippen molar-refractivity contribution in [2.75, 3.05) is 6.54 Å². The van der Waals surface area contributed by atoms with Crippen LogP contribution in [-0.2, 0) is 9.59 Å². The minimum atomic E-state index is -0.186. The van der Waals surface area contributed by atoms with Gasteiger partial charge in [0.05, 0.1) is 0 Å². The number of imide groups is 1. The molecular formula is C12H20N2O2. The fourth-order valence-corrected chi connectivity index (χ4v) is 2.30. The zero-order valence-electron chi connectivity index (χ0n) is 10.0. The van der Waals surface area contributed by atoms with Crippen LogP contribution in [0.3, 0.4) is 0 Å². The van der Waals surface area contributed by atoms with E-state index in [1.165, 1.54) is 4.90 Å². The summed E-state index contributed by atoms with van der Waals surface area (Å²) < 4.78 is 0. The number of hydrogen-bond donors (Lipinski definition) is 1. The minimum Gasteiger partial charge on any atom is -0.326 e. The van der Waals surface area contributed by atoms with Gasteiger partial charge in [0.25, 0.3) is 0 Å². The van der Waals surface area contributed by atoms with Crippen molar-refractivity contribution in [2.24, 2.45) is 17.1 Å². The van der Waals surface area contributed by atoms with Crippen molar-refractivity contribution in [2.45, 2.75) is 45.6 Å². The Morgan fingerprint density at radius 3 is 2.25 bits per heavy atom. The molecule has 0 radical (unpaired) electrons. The maximum Gasteiger partial charge on any atom is 0.229 e. The van der Waals surface area contributed by atoms with Gasteiger partial charge in [0, 0.05) is 25.4 Å². The van der Waals surface area contributed by atoms with Crippen LogP contribution in [0.4, 0.5) is 0 Å². The van der Waals surface area contributed by atoms with Gasteiger partial charge in [-0.3, -0.25) is 14.5 Å². The van der Waals surface area contributed by atoms with Crippen LogP contribution in [0.5, 0.6) is 0 Å². The van der Waals surface area contributed by atoms with Gasteiger partial charge in [-0.25, -0.2) is 0 Å². The average molecular weight is 224 g/mol. The predicted molar refractivity (Wildman–Crippen MR) is 60.4 cm³/mol. The largest absolute Gasteiger partial charge is 0.326 e. The van der Waals surface area contributed by atoms with E-state index in [1.54, 1.807) is 0 Å². The third-order valence-electron chi connectivity index (χ3n) is 3.48. The Labute approximate surface area is 96.2 Å². The highest BCUT2D eigenvalue weighted by atomic mass is 16.2. The summed E-state index contributed by atoms with van der Waals surface area (Å²) in [4.78, 5) is 25.1. The summed E-state index contributed by atoms with van der Waals surface area (Å²) in [5.74, 6) is 0.408. The van der Waals surface area contributed by atoms with Gasteiger partial charge < -0.3 is 5.73 Å². The highest BCUT2D eigenvalue weighted by molar-refractivity contribution is 5.98. The SMILES string of the molecule is CC1(C)CC(=O)N(CC(N)C2CC2)C(=O)C1. The lowest BCUT2D eigenvalue weighted by Crippen LogP contribution is -2.51. The van der Waals surface area contributed by atoms with E-state index in [-0.39, 0.29) is 23.3 Å². The molecule has 4 heteroatoms. The molecule has 1 atom stereocenters. The van der Waals surface area contributed by atoms with E-state index in [0.717, 1.165) is 12.8 Å². The Bertz CT molecular complexity index is 301. The summed E-state index contributed by atoms with van der Waals surface area (Å²) in [7, 11) is 0. The number of nitrogens with two attached hydrogens (primary N) is 1. The monoisotopic (exact) mass is 224 g/mol. The van der Waals surface area contributed by atoms with Gasteiger partial charge in [-0.15, -0.1) is 0 Å². The van der Waals surface area contributed by atoms with E-state index in [4.69, 9.17) is 5.73 Å². The minimum absolute atomic E-state index is 0.0193. The molecule has 4 nitrogen and oxygen atoms in total. The molecule has 2 amide bonds. The quantitative estimate of drug-likeness (QED) is 0.724. The molecule has 0 aromatic carbocycles. The molecule has 1 heterocycles. The fourth-order valence-electron chi connectivity index (χ4n) is 2.30. The average Bonchev–Trinajstić information content (AvgIpc) is 2.91. The van der Waals surface area contributed by atoms with E-state index in [2.05, 4.69) is 0 Å². The van der Waals surface area contributed by atoms with E-state index in [0.29, 0.717) is 25.3 Å². The van der Waals surface area contributed by atoms with Crippen LogP contribution >= 0.6 is 0 Å².